The second kappa shape index (κ2) is 6.23. The predicted molar refractivity (Wildman–Crippen MR) is 81.8 cm³/mol. The van der Waals surface area contributed by atoms with Gasteiger partial charge in [-0.1, -0.05) is 12.1 Å². The van der Waals surface area contributed by atoms with Crippen LogP contribution in [0, 0.1) is 0 Å². The lowest BCUT2D eigenvalue weighted by Crippen LogP contribution is -2.10. The molecule has 1 aromatic carbocycles. The lowest BCUT2D eigenvalue weighted by molar-refractivity contribution is 0.102. The van der Waals surface area contributed by atoms with Crippen LogP contribution in [0.5, 0.6) is 0 Å². The van der Waals surface area contributed by atoms with Crippen molar-refractivity contribution in [3.63, 3.8) is 0 Å². The van der Waals surface area contributed by atoms with Crippen molar-refractivity contribution >= 4 is 59.8 Å². The first-order chi connectivity index (χ1) is 8.58. The van der Waals surface area contributed by atoms with Crippen molar-refractivity contribution in [2.75, 3.05) is 5.75 Å². The van der Waals surface area contributed by atoms with Crippen molar-refractivity contribution in [2.24, 2.45) is 0 Å². The van der Waals surface area contributed by atoms with Crippen molar-refractivity contribution in [1.29, 1.82) is 0 Å². The number of carbonyl (C=O) groups excluding carboxylic acids is 1. The number of halogens is 2. The van der Waals surface area contributed by atoms with E-state index in [1.54, 1.807) is 12.1 Å². The maximum Gasteiger partial charge on any atom is 0.185 e. The zero-order valence-electron chi connectivity index (χ0n) is 9.06. The lowest BCUT2D eigenvalue weighted by atomic mass is 10.3. The SMILES string of the molecule is O=C(CS(=O)c1ccccc1Br)c1ccc(Br)s1. The van der Waals surface area contributed by atoms with Gasteiger partial charge in [0.15, 0.2) is 5.78 Å². The number of rotatable bonds is 4. The van der Waals surface area contributed by atoms with Gasteiger partial charge in [-0.25, -0.2) is 0 Å². The summed E-state index contributed by atoms with van der Waals surface area (Å²) >= 11 is 8.00. The quantitative estimate of drug-likeness (QED) is 0.709. The maximum atomic E-state index is 12.1. The molecule has 1 unspecified atom stereocenters. The summed E-state index contributed by atoms with van der Waals surface area (Å²) in [4.78, 5) is 13.2. The van der Waals surface area contributed by atoms with E-state index in [-0.39, 0.29) is 11.5 Å². The Kier molecular flexibility index (Phi) is 4.89. The monoisotopic (exact) mass is 406 g/mol. The number of Topliss-reactive ketones (excluding diaryl/α,β-unsaturated/α-hetero) is 1. The summed E-state index contributed by atoms with van der Waals surface area (Å²) in [5.41, 5.74) is 0. The van der Waals surface area contributed by atoms with Gasteiger partial charge in [-0.15, -0.1) is 11.3 Å². The van der Waals surface area contributed by atoms with Gasteiger partial charge in [0.1, 0.15) is 0 Å². The maximum absolute atomic E-state index is 12.1. The molecule has 0 saturated carbocycles. The fourth-order valence-electron chi connectivity index (χ4n) is 1.36. The zero-order valence-corrected chi connectivity index (χ0v) is 13.9. The largest absolute Gasteiger partial charge is 0.292 e. The summed E-state index contributed by atoms with van der Waals surface area (Å²) < 4.78 is 13.8. The molecule has 0 bridgehead atoms. The van der Waals surface area contributed by atoms with Gasteiger partial charge >= 0.3 is 0 Å². The molecule has 2 nitrogen and oxygen atoms in total. The van der Waals surface area contributed by atoms with E-state index in [1.807, 2.05) is 24.3 Å². The summed E-state index contributed by atoms with van der Waals surface area (Å²) in [5, 5.41) is 0. The minimum absolute atomic E-state index is 0.00949. The summed E-state index contributed by atoms with van der Waals surface area (Å²) in [6, 6.07) is 10.8. The van der Waals surface area contributed by atoms with Crippen LogP contribution in [0.1, 0.15) is 9.67 Å². The molecule has 94 valence electrons. The molecule has 0 fully saturated rings. The van der Waals surface area contributed by atoms with Gasteiger partial charge in [0, 0.05) is 4.47 Å². The Labute approximate surface area is 128 Å². The van der Waals surface area contributed by atoms with Gasteiger partial charge < -0.3 is 0 Å². The summed E-state index contributed by atoms with van der Waals surface area (Å²) in [6.45, 7) is 0. The first kappa shape index (κ1) is 14.1. The molecule has 0 aliphatic rings. The van der Waals surface area contributed by atoms with Crippen molar-refractivity contribution in [2.45, 2.75) is 4.90 Å². The fourth-order valence-corrected chi connectivity index (χ4v) is 4.67. The minimum Gasteiger partial charge on any atom is -0.292 e. The molecule has 0 spiro atoms. The Morgan fingerprint density at radius 2 is 1.89 bits per heavy atom. The van der Waals surface area contributed by atoms with Crippen molar-refractivity contribution in [3.8, 4) is 0 Å². The van der Waals surface area contributed by atoms with E-state index < -0.39 is 10.8 Å². The van der Waals surface area contributed by atoms with Crippen molar-refractivity contribution in [1.82, 2.24) is 0 Å². The number of carbonyl (C=O) groups is 1. The van der Waals surface area contributed by atoms with Crippen LogP contribution < -0.4 is 0 Å². The molecule has 0 amide bonds. The molecule has 2 aromatic rings. The number of hydrogen-bond acceptors (Lipinski definition) is 3. The van der Waals surface area contributed by atoms with Crippen LogP contribution in [0.25, 0.3) is 0 Å². The zero-order chi connectivity index (χ0) is 13.1. The highest BCUT2D eigenvalue weighted by atomic mass is 79.9. The van der Waals surface area contributed by atoms with Crippen LogP contribution in [0.2, 0.25) is 0 Å². The fraction of sp³-hybridized carbons (Fsp3) is 0.0833. The minimum atomic E-state index is -1.32. The third-order valence-electron chi connectivity index (χ3n) is 2.19. The molecular formula is C12H8Br2O2S2. The molecule has 0 saturated heterocycles. The topological polar surface area (TPSA) is 34.1 Å². The smallest absolute Gasteiger partial charge is 0.185 e. The Morgan fingerprint density at radius 1 is 1.17 bits per heavy atom. The summed E-state index contributed by atoms with van der Waals surface area (Å²) in [6.07, 6.45) is 0. The van der Waals surface area contributed by atoms with Crippen LogP contribution >= 0.6 is 43.2 Å². The summed E-state index contributed by atoms with van der Waals surface area (Å²) in [5.74, 6) is -0.0879. The third-order valence-corrected chi connectivity index (χ3v) is 6.18. The van der Waals surface area contributed by atoms with E-state index >= 15 is 0 Å². The van der Waals surface area contributed by atoms with Gasteiger partial charge in [-0.3, -0.25) is 9.00 Å². The van der Waals surface area contributed by atoms with Crippen molar-refractivity contribution < 1.29 is 9.00 Å². The number of hydrogen-bond donors (Lipinski definition) is 0. The molecule has 1 atom stereocenters. The molecule has 0 aliphatic carbocycles. The molecule has 0 radical (unpaired) electrons. The normalized spacial score (nSPS) is 12.3. The van der Waals surface area contributed by atoms with Gasteiger partial charge in [0.25, 0.3) is 0 Å². The highest BCUT2D eigenvalue weighted by Gasteiger charge is 2.15. The van der Waals surface area contributed by atoms with E-state index in [4.69, 9.17) is 0 Å². The molecule has 0 aliphatic heterocycles. The molecule has 6 heteroatoms. The van der Waals surface area contributed by atoms with Crippen LogP contribution in [0.3, 0.4) is 0 Å². The highest BCUT2D eigenvalue weighted by Crippen LogP contribution is 2.24. The molecule has 1 heterocycles. The third kappa shape index (κ3) is 3.38. The van der Waals surface area contributed by atoms with E-state index in [2.05, 4.69) is 31.9 Å². The molecular weight excluding hydrogens is 400 g/mol. The number of thiophene rings is 1. The first-order valence-corrected chi connectivity index (χ1v) is 8.71. The molecule has 2 rings (SSSR count). The Hall–Kier alpha value is -0.300. The van der Waals surface area contributed by atoms with E-state index in [0.29, 0.717) is 9.77 Å². The standard InChI is InChI=1S/C12H8Br2O2S2/c13-8-3-1-2-4-11(8)18(16)7-9(15)10-5-6-12(14)17-10/h1-6H,7H2. The second-order valence-electron chi connectivity index (χ2n) is 3.45. The Morgan fingerprint density at radius 3 is 2.50 bits per heavy atom. The average Bonchev–Trinajstić information content (AvgIpc) is 2.76. The lowest BCUT2D eigenvalue weighted by Gasteiger charge is -2.03. The summed E-state index contributed by atoms with van der Waals surface area (Å²) in [7, 11) is -1.32. The first-order valence-electron chi connectivity index (χ1n) is 4.99. The average molecular weight is 408 g/mol. The highest BCUT2D eigenvalue weighted by molar-refractivity contribution is 9.11. The van der Waals surface area contributed by atoms with Gasteiger partial charge in [-0.2, -0.15) is 0 Å². The van der Waals surface area contributed by atoms with E-state index in [9.17, 15) is 9.00 Å². The predicted octanol–water partition coefficient (Wildman–Crippen LogP) is 4.26. The Balaban J connectivity index is 2.13. The van der Waals surface area contributed by atoms with Gasteiger partial charge in [0.2, 0.25) is 0 Å². The van der Waals surface area contributed by atoms with Crippen molar-refractivity contribution in [3.05, 3.63) is 49.5 Å². The van der Waals surface area contributed by atoms with Gasteiger partial charge in [-0.05, 0) is 56.1 Å². The molecule has 1 aromatic heterocycles. The molecule has 0 N–H and O–H groups in total. The van der Waals surface area contributed by atoms with E-state index in [0.717, 1.165) is 8.26 Å². The number of ketones is 1. The van der Waals surface area contributed by atoms with E-state index in [1.165, 1.54) is 11.3 Å². The Bertz CT molecular complexity index is 608. The second-order valence-corrected chi connectivity index (χ2v) is 8.18. The number of benzene rings is 1. The van der Waals surface area contributed by atoms with Crippen LogP contribution in [-0.4, -0.2) is 15.7 Å². The van der Waals surface area contributed by atoms with Crippen LogP contribution in [-0.2, 0) is 10.8 Å². The van der Waals surface area contributed by atoms with Crippen LogP contribution in [0.15, 0.2) is 49.6 Å². The van der Waals surface area contributed by atoms with Gasteiger partial charge in [0.05, 0.1) is 30.1 Å². The molecule has 18 heavy (non-hydrogen) atoms. The van der Waals surface area contributed by atoms with Crippen LogP contribution in [0.4, 0.5) is 0 Å².